The van der Waals surface area contributed by atoms with Gasteiger partial charge in [-0.3, -0.25) is 4.79 Å². The van der Waals surface area contributed by atoms with Gasteiger partial charge in [-0.15, -0.1) is 0 Å². The van der Waals surface area contributed by atoms with E-state index < -0.39 is 17.6 Å². The molecule has 1 aromatic carbocycles. The summed E-state index contributed by atoms with van der Waals surface area (Å²) in [6.45, 7) is 1.96. The number of rotatable bonds is 4. The summed E-state index contributed by atoms with van der Waals surface area (Å²) < 4.78 is 9.97. The lowest BCUT2D eigenvalue weighted by atomic mass is 9.84. The summed E-state index contributed by atoms with van der Waals surface area (Å²) in [5.74, 6) is -0.346. The Hall–Kier alpha value is -2.30. The molecule has 2 rings (SSSR count). The zero-order chi connectivity index (χ0) is 15.3. The lowest BCUT2D eigenvalue weighted by molar-refractivity contribution is -0.152. The van der Waals surface area contributed by atoms with Crippen LogP contribution in [0.4, 0.5) is 4.79 Å². The largest absolute Gasteiger partial charge is 0.469 e. The maximum Gasteiger partial charge on any atom is 0.407 e. The van der Waals surface area contributed by atoms with Gasteiger partial charge >= 0.3 is 12.1 Å². The standard InChI is InChI=1S/C16H19NO4/c1-16(14(18)20-2)10-6-9-13(16)17-15(19)21-11-12-7-4-3-5-8-12/h3-9,13H,10-11H2,1-2H3,(H,17,19)/t13-,16-/m0/s1. The lowest BCUT2D eigenvalue weighted by Gasteiger charge is -2.28. The Balaban J connectivity index is 1.90. The van der Waals surface area contributed by atoms with Crippen molar-refractivity contribution in [2.24, 2.45) is 5.41 Å². The maximum absolute atomic E-state index is 11.9. The Morgan fingerprint density at radius 2 is 2.05 bits per heavy atom. The number of nitrogens with one attached hydrogen (secondary N) is 1. The molecule has 21 heavy (non-hydrogen) atoms. The minimum absolute atomic E-state index is 0.193. The number of alkyl carbamates (subject to hydrolysis) is 1. The maximum atomic E-state index is 11.9. The van der Waals surface area contributed by atoms with Gasteiger partial charge < -0.3 is 14.8 Å². The highest BCUT2D eigenvalue weighted by atomic mass is 16.5. The first-order valence-electron chi connectivity index (χ1n) is 6.78. The second-order valence-electron chi connectivity index (χ2n) is 5.23. The van der Waals surface area contributed by atoms with Crippen LogP contribution in [0, 0.1) is 5.41 Å². The van der Waals surface area contributed by atoms with Crippen LogP contribution in [-0.2, 0) is 20.9 Å². The van der Waals surface area contributed by atoms with E-state index in [1.807, 2.05) is 36.4 Å². The third-order valence-electron chi connectivity index (χ3n) is 3.69. The van der Waals surface area contributed by atoms with E-state index in [0.717, 1.165) is 5.56 Å². The highest BCUT2D eigenvalue weighted by Crippen LogP contribution is 2.34. The molecule has 0 spiro atoms. The molecule has 0 aromatic heterocycles. The summed E-state index contributed by atoms with van der Waals surface area (Å²) in [6, 6.07) is 8.99. The SMILES string of the molecule is COC(=O)[C@@]1(C)CC=C[C@@H]1NC(=O)OCc1ccccc1. The molecule has 1 amide bonds. The predicted octanol–water partition coefficient (Wildman–Crippen LogP) is 2.42. The molecule has 1 aliphatic rings. The van der Waals surface area contributed by atoms with E-state index in [1.54, 1.807) is 13.0 Å². The highest BCUT2D eigenvalue weighted by molar-refractivity contribution is 5.80. The molecule has 0 radical (unpaired) electrons. The smallest absolute Gasteiger partial charge is 0.407 e. The van der Waals surface area contributed by atoms with Gasteiger partial charge in [0.15, 0.2) is 0 Å². The Morgan fingerprint density at radius 3 is 2.71 bits per heavy atom. The van der Waals surface area contributed by atoms with E-state index in [4.69, 9.17) is 9.47 Å². The van der Waals surface area contributed by atoms with Gasteiger partial charge in [-0.1, -0.05) is 42.5 Å². The fraction of sp³-hybridized carbons (Fsp3) is 0.375. The van der Waals surface area contributed by atoms with Crippen LogP contribution in [0.1, 0.15) is 18.9 Å². The van der Waals surface area contributed by atoms with Crippen molar-refractivity contribution in [3.8, 4) is 0 Å². The summed E-state index contributed by atoms with van der Waals surface area (Å²) in [5.41, 5.74) is 0.130. The average molecular weight is 289 g/mol. The van der Waals surface area contributed by atoms with Gasteiger partial charge in [0.2, 0.25) is 0 Å². The van der Waals surface area contributed by atoms with Crippen LogP contribution in [0.25, 0.3) is 0 Å². The fourth-order valence-corrected chi connectivity index (χ4v) is 2.33. The number of ether oxygens (including phenoxy) is 2. The summed E-state index contributed by atoms with van der Waals surface area (Å²) >= 11 is 0. The van der Waals surface area contributed by atoms with E-state index in [1.165, 1.54) is 7.11 Å². The molecule has 0 aliphatic heterocycles. The average Bonchev–Trinajstić information content (AvgIpc) is 2.87. The molecule has 1 N–H and O–H groups in total. The van der Waals surface area contributed by atoms with Gasteiger partial charge in [-0.05, 0) is 18.9 Å². The van der Waals surface area contributed by atoms with Crippen molar-refractivity contribution in [3.05, 3.63) is 48.0 Å². The monoisotopic (exact) mass is 289 g/mol. The quantitative estimate of drug-likeness (QED) is 0.683. The summed E-state index contributed by atoms with van der Waals surface area (Å²) in [5, 5.41) is 2.71. The molecule has 0 unspecified atom stereocenters. The van der Waals surface area contributed by atoms with E-state index in [2.05, 4.69) is 5.32 Å². The molecular formula is C16H19NO4. The first-order valence-corrected chi connectivity index (χ1v) is 6.78. The summed E-state index contributed by atoms with van der Waals surface area (Å²) in [4.78, 5) is 23.7. The normalized spacial score (nSPS) is 23.6. The Bertz CT molecular complexity index is 540. The number of carbonyl (C=O) groups excluding carboxylic acids is 2. The zero-order valence-electron chi connectivity index (χ0n) is 12.2. The zero-order valence-corrected chi connectivity index (χ0v) is 12.2. The van der Waals surface area contributed by atoms with E-state index in [-0.39, 0.29) is 12.6 Å². The molecular weight excluding hydrogens is 270 g/mol. The third-order valence-corrected chi connectivity index (χ3v) is 3.69. The Morgan fingerprint density at radius 1 is 1.33 bits per heavy atom. The van der Waals surface area contributed by atoms with Gasteiger partial charge in [0.1, 0.15) is 6.61 Å². The number of carbonyl (C=O) groups is 2. The number of hydrogen-bond acceptors (Lipinski definition) is 4. The molecule has 1 aromatic rings. The molecule has 0 fully saturated rings. The van der Waals surface area contributed by atoms with Crippen molar-refractivity contribution in [1.82, 2.24) is 5.32 Å². The Kier molecular flexibility index (Phi) is 4.62. The van der Waals surface area contributed by atoms with Crippen LogP contribution >= 0.6 is 0 Å². The topological polar surface area (TPSA) is 64.6 Å². The highest BCUT2D eigenvalue weighted by Gasteiger charge is 2.44. The number of allylic oxidation sites excluding steroid dienone is 1. The van der Waals surface area contributed by atoms with E-state index >= 15 is 0 Å². The Labute approximate surface area is 123 Å². The molecule has 1 aliphatic carbocycles. The summed E-state index contributed by atoms with van der Waals surface area (Å²) in [6.07, 6.45) is 3.63. The minimum Gasteiger partial charge on any atom is -0.469 e. The van der Waals surface area contributed by atoms with E-state index in [0.29, 0.717) is 6.42 Å². The second-order valence-corrected chi connectivity index (χ2v) is 5.23. The van der Waals surface area contributed by atoms with Gasteiger partial charge in [0.05, 0.1) is 18.6 Å². The van der Waals surface area contributed by atoms with Gasteiger partial charge in [-0.2, -0.15) is 0 Å². The van der Waals surface area contributed by atoms with Crippen molar-refractivity contribution in [1.29, 1.82) is 0 Å². The van der Waals surface area contributed by atoms with Crippen molar-refractivity contribution in [2.75, 3.05) is 7.11 Å². The van der Waals surface area contributed by atoms with Crippen LogP contribution in [0.5, 0.6) is 0 Å². The van der Waals surface area contributed by atoms with Gasteiger partial charge in [0, 0.05) is 0 Å². The van der Waals surface area contributed by atoms with Crippen LogP contribution in [0.15, 0.2) is 42.5 Å². The van der Waals surface area contributed by atoms with Crippen molar-refractivity contribution >= 4 is 12.1 Å². The van der Waals surface area contributed by atoms with Crippen molar-refractivity contribution in [2.45, 2.75) is 26.0 Å². The molecule has 2 atom stereocenters. The summed E-state index contributed by atoms with van der Waals surface area (Å²) in [7, 11) is 1.34. The van der Waals surface area contributed by atoms with E-state index in [9.17, 15) is 9.59 Å². The fourth-order valence-electron chi connectivity index (χ4n) is 2.33. The minimum atomic E-state index is -0.777. The third kappa shape index (κ3) is 3.42. The molecule has 5 nitrogen and oxygen atoms in total. The first-order chi connectivity index (χ1) is 10.1. The van der Waals surface area contributed by atoms with Crippen molar-refractivity contribution < 1.29 is 19.1 Å². The van der Waals surface area contributed by atoms with Gasteiger partial charge in [0.25, 0.3) is 0 Å². The molecule has 5 heteroatoms. The number of benzene rings is 1. The molecule has 0 saturated heterocycles. The number of hydrogen-bond donors (Lipinski definition) is 1. The van der Waals surface area contributed by atoms with Crippen LogP contribution in [-0.4, -0.2) is 25.2 Å². The second kappa shape index (κ2) is 6.43. The first kappa shape index (κ1) is 15.1. The van der Waals surface area contributed by atoms with Crippen molar-refractivity contribution in [3.63, 3.8) is 0 Å². The lowest BCUT2D eigenvalue weighted by Crippen LogP contribution is -2.47. The van der Waals surface area contributed by atoms with Crippen LogP contribution < -0.4 is 5.32 Å². The molecule has 0 bridgehead atoms. The molecule has 0 saturated carbocycles. The van der Waals surface area contributed by atoms with Crippen LogP contribution in [0.2, 0.25) is 0 Å². The number of esters is 1. The number of methoxy groups -OCH3 is 1. The number of amides is 1. The molecule has 112 valence electrons. The molecule has 0 heterocycles. The van der Waals surface area contributed by atoms with Gasteiger partial charge in [-0.25, -0.2) is 4.79 Å². The van der Waals surface area contributed by atoms with Crippen LogP contribution in [0.3, 0.4) is 0 Å². The predicted molar refractivity (Wildman–Crippen MR) is 77.4 cm³/mol.